The zero-order valence-corrected chi connectivity index (χ0v) is 12.9. The molecule has 0 aliphatic heterocycles. The molecule has 0 unspecified atom stereocenters. The van der Waals surface area contributed by atoms with E-state index in [0.29, 0.717) is 11.8 Å². The van der Waals surface area contributed by atoms with E-state index in [0.717, 1.165) is 14.2 Å². The largest absolute Gasteiger partial charge is 0.468 e. The number of nitro benzene ring substituents is 1. The number of nitro groups is 1. The standard InChI is InChI=1S/C15H17NO7/c1-9(8-17)12(13(14(18)22-2)15(19)23-3)10-5-4-6-11(7-10)16(20)21/h4-9,12-13H,1-3H3/t9-,12-/m0/s1. The van der Waals surface area contributed by atoms with E-state index in [2.05, 4.69) is 9.47 Å². The molecule has 0 saturated heterocycles. The third-order valence-electron chi connectivity index (χ3n) is 3.52. The Kier molecular flexibility index (Phi) is 6.37. The number of rotatable bonds is 7. The minimum atomic E-state index is -1.40. The number of nitrogens with zero attached hydrogens (tertiary/aromatic N) is 1. The summed E-state index contributed by atoms with van der Waals surface area (Å²) in [6.45, 7) is 1.51. The summed E-state index contributed by atoms with van der Waals surface area (Å²) in [4.78, 5) is 45.5. The number of methoxy groups -OCH3 is 2. The van der Waals surface area contributed by atoms with Crippen LogP contribution in [0.1, 0.15) is 18.4 Å². The molecule has 0 aliphatic carbocycles. The molecule has 8 nitrogen and oxygen atoms in total. The fourth-order valence-electron chi connectivity index (χ4n) is 2.37. The Morgan fingerprint density at radius 3 is 2.22 bits per heavy atom. The molecule has 0 fully saturated rings. The van der Waals surface area contributed by atoms with Crippen LogP contribution in [-0.4, -0.2) is 37.4 Å². The van der Waals surface area contributed by atoms with E-state index in [-0.39, 0.29) is 5.69 Å². The zero-order chi connectivity index (χ0) is 17.6. The lowest BCUT2D eigenvalue weighted by Crippen LogP contribution is -2.35. The van der Waals surface area contributed by atoms with Crippen molar-refractivity contribution in [2.45, 2.75) is 12.8 Å². The van der Waals surface area contributed by atoms with Crippen LogP contribution < -0.4 is 0 Å². The van der Waals surface area contributed by atoms with E-state index >= 15 is 0 Å². The summed E-state index contributed by atoms with van der Waals surface area (Å²) in [5.74, 6) is -4.84. The van der Waals surface area contributed by atoms with Crippen LogP contribution in [0, 0.1) is 22.0 Å². The molecule has 124 valence electrons. The monoisotopic (exact) mass is 323 g/mol. The SMILES string of the molecule is COC(=O)C(C(=O)OC)[C@H](c1cccc([N+](=O)[O-])c1)[C@@H](C)C=O. The molecule has 0 aliphatic rings. The Labute approximate surface area is 132 Å². The van der Waals surface area contributed by atoms with Crippen molar-refractivity contribution in [1.82, 2.24) is 0 Å². The zero-order valence-electron chi connectivity index (χ0n) is 12.9. The molecule has 1 rings (SSSR count). The van der Waals surface area contributed by atoms with E-state index in [4.69, 9.17) is 0 Å². The van der Waals surface area contributed by atoms with Gasteiger partial charge in [-0.15, -0.1) is 0 Å². The maximum Gasteiger partial charge on any atom is 0.320 e. The molecule has 0 saturated carbocycles. The van der Waals surface area contributed by atoms with Crippen LogP contribution in [-0.2, 0) is 23.9 Å². The first-order valence-corrected chi connectivity index (χ1v) is 6.72. The van der Waals surface area contributed by atoms with Crippen molar-refractivity contribution in [2.24, 2.45) is 11.8 Å². The molecule has 0 aromatic heterocycles. The molecule has 2 atom stereocenters. The van der Waals surface area contributed by atoms with Crippen LogP contribution in [0.5, 0.6) is 0 Å². The van der Waals surface area contributed by atoms with Gasteiger partial charge in [-0.05, 0) is 5.56 Å². The van der Waals surface area contributed by atoms with Crippen molar-refractivity contribution in [2.75, 3.05) is 14.2 Å². The Hall–Kier alpha value is -2.77. The molecule has 0 radical (unpaired) electrons. The van der Waals surface area contributed by atoms with Crippen molar-refractivity contribution in [3.63, 3.8) is 0 Å². The van der Waals surface area contributed by atoms with E-state index in [9.17, 15) is 24.5 Å². The highest BCUT2D eigenvalue weighted by Gasteiger charge is 2.41. The minimum absolute atomic E-state index is 0.209. The normalized spacial score (nSPS) is 13.0. The van der Waals surface area contributed by atoms with E-state index < -0.39 is 34.6 Å². The lowest BCUT2D eigenvalue weighted by molar-refractivity contribution is -0.384. The summed E-state index contributed by atoms with van der Waals surface area (Å²) < 4.78 is 9.24. The average molecular weight is 323 g/mol. The molecule has 1 aromatic carbocycles. The van der Waals surface area contributed by atoms with Gasteiger partial charge in [0.25, 0.3) is 5.69 Å². The van der Waals surface area contributed by atoms with Gasteiger partial charge in [-0.2, -0.15) is 0 Å². The summed E-state index contributed by atoms with van der Waals surface area (Å²) in [6, 6.07) is 5.43. The van der Waals surface area contributed by atoms with E-state index in [1.165, 1.54) is 31.2 Å². The van der Waals surface area contributed by atoms with Gasteiger partial charge in [-0.1, -0.05) is 19.1 Å². The number of ether oxygens (including phenoxy) is 2. The fraction of sp³-hybridized carbons (Fsp3) is 0.400. The van der Waals surface area contributed by atoms with Crippen LogP contribution in [0.15, 0.2) is 24.3 Å². The second-order valence-electron chi connectivity index (χ2n) is 4.90. The van der Waals surface area contributed by atoms with Gasteiger partial charge in [0.05, 0.1) is 19.1 Å². The molecule has 0 N–H and O–H groups in total. The first kappa shape index (κ1) is 18.3. The fourth-order valence-corrected chi connectivity index (χ4v) is 2.37. The number of carbonyl (C=O) groups excluding carboxylic acids is 3. The molecule has 1 aromatic rings. The van der Waals surface area contributed by atoms with Crippen LogP contribution in [0.25, 0.3) is 0 Å². The van der Waals surface area contributed by atoms with Crippen LogP contribution >= 0.6 is 0 Å². The first-order chi connectivity index (χ1) is 10.9. The van der Waals surface area contributed by atoms with Crippen molar-refractivity contribution in [3.05, 3.63) is 39.9 Å². The molecule has 0 amide bonds. The molecule has 0 heterocycles. The molecular weight excluding hydrogens is 306 g/mol. The predicted molar refractivity (Wildman–Crippen MR) is 78.6 cm³/mol. The summed E-state index contributed by atoms with van der Waals surface area (Å²) in [7, 11) is 2.21. The van der Waals surface area contributed by atoms with Gasteiger partial charge in [0.1, 0.15) is 6.29 Å². The van der Waals surface area contributed by atoms with Gasteiger partial charge >= 0.3 is 11.9 Å². The number of carbonyl (C=O) groups is 3. The number of benzene rings is 1. The Morgan fingerprint density at radius 1 is 1.22 bits per heavy atom. The highest BCUT2D eigenvalue weighted by Crippen LogP contribution is 2.34. The third kappa shape index (κ3) is 4.12. The summed E-state index contributed by atoms with van der Waals surface area (Å²) >= 11 is 0. The van der Waals surface area contributed by atoms with E-state index in [1.54, 1.807) is 0 Å². The summed E-state index contributed by atoms with van der Waals surface area (Å²) in [5, 5.41) is 10.9. The second kappa shape index (κ2) is 8.02. The van der Waals surface area contributed by atoms with Crippen LogP contribution in [0.3, 0.4) is 0 Å². The summed E-state index contributed by atoms with van der Waals surface area (Å²) in [5.41, 5.74) is 0.0960. The van der Waals surface area contributed by atoms with Gasteiger partial charge in [-0.3, -0.25) is 19.7 Å². The van der Waals surface area contributed by atoms with Gasteiger partial charge < -0.3 is 14.3 Å². The van der Waals surface area contributed by atoms with E-state index in [1.807, 2.05) is 0 Å². The van der Waals surface area contributed by atoms with Crippen LogP contribution in [0.2, 0.25) is 0 Å². The highest BCUT2D eigenvalue weighted by atomic mass is 16.6. The molecule has 23 heavy (non-hydrogen) atoms. The maximum absolute atomic E-state index is 12.0. The first-order valence-electron chi connectivity index (χ1n) is 6.72. The quantitative estimate of drug-likeness (QED) is 0.245. The predicted octanol–water partition coefficient (Wildman–Crippen LogP) is 1.48. The Balaban J connectivity index is 3.45. The highest BCUT2D eigenvalue weighted by molar-refractivity contribution is 5.96. The number of aldehydes is 1. The summed E-state index contributed by atoms with van der Waals surface area (Å²) in [6.07, 6.45) is 0.572. The van der Waals surface area contributed by atoms with Gasteiger partial charge in [0.15, 0.2) is 5.92 Å². The molecule has 8 heteroatoms. The minimum Gasteiger partial charge on any atom is -0.468 e. The number of hydrogen-bond acceptors (Lipinski definition) is 7. The topological polar surface area (TPSA) is 113 Å². The molecule has 0 bridgehead atoms. The lowest BCUT2D eigenvalue weighted by atomic mass is 9.78. The Morgan fingerprint density at radius 2 is 1.78 bits per heavy atom. The van der Waals surface area contributed by atoms with Crippen LogP contribution in [0.4, 0.5) is 5.69 Å². The molecular formula is C15H17NO7. The maximum atomic E-state index is 12.0. The van der Waals surface area contributed by atoms with Crippen molar-refractivity contribution >= 4 is 23.9 Å². The van der Waals surface area contributed by atoms with Crippen molar-refractivity contribution < 1.29 is 28.8 Å². The van der Waals surface area contributed by atoms with Gasteiger partial charge in [0.2, 0.25) is 0 Å². The number of esters is 2. The third-order valence-corrected chi connectivity index (χ3v) is 3.52. The smallest absolute Gasteiger partial charge is 0.320 e. The second-order valence-corrected chi connectivity index (χ2v) is 4.90. The molecule has 0 spiro atoms. The number of non-ortho nitro benzene ring substituents is 1. The van der Waals surface area contributed by atoms with Gasteiger partial charge in [0, 0.05) is 24.0 Å². The van der Waals surface area contributed by atoms with Crippen molar-refractivity contribution in [1.29, 1.82) is 0 Å². The van der Waals surface area contributed by atoms with Gasteiger partial charge in [-0.25, -0.2) is 0 Å². The number of hydrogen-bond donors (Lipinski definition) is 0. The van der Waals surface area contributed by atoms with Crippen molar-refractivity contribution in [3.8, 4) is 0 Å². The average Bonchev–Trinajstić information content (AvgIpc) is 2.57. The Bertz CT molecular complexity index is 598. The lowest BCUT2D eigenvalue weighted by Gasteiger charge is -2.26.